The molecule has 1 aromatic carbocycles. The molecule has 2 aromatic rings. The van der Waals surface area contributed by atoms with Crippen LogP contribution >= 0.6 is 0 Å². The van der Waals surface area contributed by atoms with Gasteiger partial charge < -0.3 is 19.0 Å². The van der Waals surface area contributed by atoms with E-state index in [0.717, 1.165) is 35.9 Å². The molecule has 1 aromatic heterocycles. The van der Waals surface area contributed by atoms with Crippen LogP contribution in [0.25, 0.3) is 0 Å². The Labute approximate surface area is 156 Å². The van der Waals surface area contributed by atoms with Crippen LogP contribution in [-0.4, -0.2) is 30.8 Å². The van der Waals surface area contributed by atoms with Crippen molar-refractivity contribution in [1.29, 1.82) is 0 Å². The zero-order chi connectivity index (χ0) is 19.3. The highest BCUT2D eigenvalue weighted by Crippen LogP contribution is 2.26. The third-order valence-corrected chi connectivity index (χ3v) is 4.08. The number of hydrogen-bond acceptors (Lipinski definition) is 5. The largest absolute Gasteiger partial charge is 0.497 e. The Morgan fingerprint density at radius 1 is 1.04 bits per heavy atom. The molecule has 1 heterocycles. The molecule has 0 saturated heterocycles. The van der Waals surface area contributed by atoms with E-state index in [-0.39, 0.29) is 0 Å². The molecule has 0 spiro atoms. The van der Waals surface area contributed by atoms with Gasteiger partial charge in [0.15, 0.2) is 0 Å². The summed E-state index contributed by atoms with van der Waals surface area (Å²) in [4.78, 5) is 2.33. The minimum absolute atomic E-state index is 0.520. The summed E-state index contributed by atoms with van der Waals surface area (Å²) in [6, 6.07) is 9.71. The first-order valence-electron chi connectivity index (χ1n) is 8.97. The van der Waals surface area contributed by atoms with Gasteiger partial charge in [-0.3, -0.25) is 4.90 Å². The molecule has 26 heavy (non-hydrogen) atoms. The molecule has 2 rings (SSSR count). The lowest BCUT2D eigenvalue weighted by atomic mass is 10.1. The molecule has 144 valence electrons. The van der Waals surface area contributed by atoms with Gasteiger partial charge in [-0.05, 0) is 49.6 Å². The lowest BCUT2D eigenvalue weighted by Crippen LogP contribution is -2.27. The van der Waals surface area contributed by atoms with Gasteiger partial charge in [0.2, 0.25) is 0 Å². The van der Waals surface area contributed by atoms with Gasteiger partial charge in [0.1, 0.15) is 28.6 Å². The van der Waals surface area contributed by atoms with Crippen LogP contribution in [0.5, 0.6) is 11.5 Å². The molecule has 0 bridgehead atoms. The fraction of sp³-hybridized carbons (Fsp3) is 0.524. The van der Waals surface area contributed by atoms with Gasteiger partial charge in [-0.1, -0.05) is 13.8 Å². The van der Waals surface area contributed by atoms with Crippen molar-refractivity contribution in [2.45, 2.75) is 46.4 Å². The zero-order valence-electron chi connectivity index (χ0n) is 16.7. The molecule has 0 aliphatic carbocycles. The highest BCUT2D eigenvalue weighted by atomic mass is 16.5. The average molecular weight is 361 g/mol. The summed E-state index contributed by atoms with van der Waals surface area (Å²) < 4.78 is 16.6. The smallest absolute Gasteiger partial charge is 0.135 e. The van der Waals surface area contributed by atoms with Crippen molar-refractivity contribution in [3.05, 3.63) is 47.4 Å². The molecule has 0 fully saturated rings. The quantitative estimate of drug-likeness (QED) is 0.726. The minimum Gasteiger partial charge on any atom is -0.497 e. The summed E-state index contributed by atoms with van der Waals surface area (Å²) >= 11 is 0. The molecule has 0 atom stereocenters. The first-order valence-corrected chi connectivity index (χ1v) is 8.97. The van der Waals surface area contributed by atoms with Gasteiger partial charge in [0.25, 0.3) is 0 Å². The second-order valence-corrected chi connectivity index (χ2v) is 7.61. The summed E-state index contributed by atoms with van der Waals surface area (Å²) in [5, 5.41) is 10.1. The standard InChI is InChI=1S/C21H31NO4/c1-15(2)12-22(14-17-7-8-20(26-17)21(3,4)23)13-16-9-18(24-5)11-19(10-16)25-6/h7-11,15,23H,12-14H2,1-6H3. The maximum Gasteiger partial charge on any atom is 0.135 e. The second-order valence-electron chi connectivity index (χ2n) is 7.61. The predicted octanol–water partition coefficient (Wildman–Crippen LogP) is 4.18. The van der Waals surface area contributed by atoms with Crippen molar-refractivity contribution in [2.24, 2.45) is 5.92 Å². The Bertz CT molecular complexity index is 678. The summed E-state index contributed by atoms with van der Waals surface area (Å²) in [6.45, 7) is 10.2. The first kappa shape index (κ1) is 20.3. The van der Waals surface area contributed by atoms with Crippen molar-refractivity contribution in [3.8, 4) is 11.5 Å². The molecule has 0 aliphatic heterocycles. The number of nitrogens with zero attached hydrogens (tertiary/aromatic N) is 1. The fourth-order valence-electron chi connectivity index (χ4n) is 2.93. The average Bonchev–Trinajstić information content (AvgIpc) is 3.02. The Hall–Kier alpha value is -1.98. The SMILES string of the molecule is COc1cc(CN(Cc2ccc(C(C)(C)O)o2)CC(C)C)cc(OC)c1. The van der Waals surface area contributed by atoms with Crippen molar-refractivity contribution < 1.29 is 19.0 Å². The number of aliphatic hydroxyl groups is 1. The highest BCUT2D eigenvalue weighted by Gasteiger charge is 2.21. The third-order valence-electron chi connectivity index (χ3n) is 4.08. The van der Waals surface area contributed by atoms with E-state index in [0.29, 0.717) is 18.2 Å². The molecular formula is C21H31NO4. The van der Waals surface area contributed by atoms with E-state index in [1.807, 2.05) is 30.3 Å². The Morgan fingerprint density at radius 3 is 2.12 bits per heavy atom. The molecule has 1 N–H and O–H groups in total. The van der Waals surface area contributed by atoms with E-state index in [1.165, 1.54) is 0 Å². The van der Waals surface area contributed by atoms with Crippen LogP contribution in [0.4, 0.5) is 0 Å². The number of benzene rings is 1. The van der Waals surface area contributed by atoms with Crippen molar-refractivity contribution in [2.75, 3.05) is 20.8 Å². The van der Waals surface area contributed by atoms with Crippen LogP contribution in [0.2, 0.25) is 0 Å². The molecule has 0 radical (unpaired) electrons. The molecular weight excluding hydrogens is 330 g/mol. The van der Waals surface area contributed by atoms with Gasteiger partial charge in [-0.2, -0.15) is 0 Å². The molecule has 0 aliphatic rings. The lowest BCUT2D eigenvalue weighted by molar-refractivity contribution is 0.0514. The van der Waals surface area contributed by atoms with Gasteiger partial charge in [0.05, 0.1) is 20.8 Å². The number of furan rings is 1. The Morgan fingerprint density at radius 2 is 1.65 bits per heavy atom. The van der Waals surface area contributed by atoms with Crippen molar-refractivity contribution in [1.82, 2.24) is 4.90 Å². The van der Waals surface area contributed by atoms with Crippen LogP contribution in [0.15, 0.2) is 34.7 Å². The predicted molar refractivity (Wildman–Crippen MR) is 102 cm³/mol. The zero-order valence-corrected chi connectivity index (χ0v) is 16.7. The second kappa shape index (κ2) is 8.60. The van der Waals surface area contributed by atoms with Crippen molar-refractivity contribution >= 4 is 0 Å². The highest BCUT2D eigenvalue weighted by molar-refractivity contribution is 5.38. The van der Waals surface area contributed by atoms with Crippen LogP contribution in [-0.2, 0) is 18.7 Å². The number of rotatable bonds is 9. The van der Waals surface area contributed by atoms with Crippen LogP contribution in [0.3, 0.4) is 0 Å². The summed E-state index contributed by atoms with van der Waals surface area (Å²) in [5.41, 5.74) is 0.150. The third kappa shape index (κ3) is 5.78. The Kier molecular flexibility index (Phi) is 6.73. The number of ether oxygens (including phenoxy) is 2. The topological polar surface area (TPSA) is 55.1 Å². The first-order chi connectivity index (χ1) is 12.2. The molecule has 0 amide bonds. The van der Waals surface area contributed by atoms with Gasteiger partial charge in [0, 0.05) is 19.2 Å². The van der Waals surface area contributed by atoms with Crippen molar-refractivity contribution in [3.63, 3.8) is 0 Å². The molecule has 5 heteroatoms. The van der Waals surface area contributed by atoms with E-state index in [1.54, 1.807) is 28.1 Å². The Balaban J connectivity index is 2.18. The monoisotopic (exact) mass is 361 g/mol. The molecule has 0 unspecified atom stereocenters. The van der Waals surface area contributed by atoms with Crippen LogP contribution in [0, 0.1) is 5.92 Å². The van der Waals surface area contributed by atoms with E-state index >= 15 is 0 Å². The van der Waals surface area contributed by atoms with E-state index in [9.17, 15) is 5.11 Å². The normalized spacial score (nSPS) is 12.0. The maximum atomic E-state index is 10.1. The van der Waals surface area contributed by atoms with Gasteiger partial charge in [-0.15, -0.1) is 0 Å². The van der Waals surface area contributed by atoms with Crippen LogP contribution in [0.1, 0.15) is 44.8 Å². The number of hydrogen-bond donors (Lipinski definition) is 1. The van der Waals surface area contributed by atoms with Crippen LogP contribution < -0.4 is 9.47 Å². The van der Waals surface area contributed by atoms with E-state index in [2.05, 4.69) is 18.7 Å². The molecule has 5 nitrogen and oxygen atoms in total. The summed E-state index contributed by atoms with van der Waals surface area (Å²) in [5.74, 6) is 3.52. The lowest BCUT2D eigenvalue weighted by Gasteiger charge is -2.24. The fourth-order valence-corrected chi connectivity index (χ4v) is 2.93. The van der Waals surface area contributed by atoms with Gasteiger partial charge in [-0.25, -0.2) is 0 Å². The van der Waals surface area contributed by atoms with Gasteiger partial charge >= 0.3 is 0 Å². The number of methoxy groups -OCH3 is 2. The maximum absolute atomic E-state index is 10.1. The molecule has 0 saturated carbocycles. The summed E-state index contributed by atoms with van der Waals surface area (Å²) in [7, 11) is 3.32. The van der Waals surface area contributed by atoms with E-state index < -0.39 is 5.60 Å². The minimum atomic E-state index is -0.971. The summed E-state index contributed by atoms with van der Waals surface area (Å²) in [6.07, 6.45) is 0. The van der Waals surface area contributed by atoms with E-state index in [4.69, 9.17) is 13.9 Å².